The topological polar surface area (TPSA) is 77.5 Å². The fourth-order valence-corrected chi connectivity index (χ4v) is 2.53. The molecule has 3 aromatic rings. The molecule has 0 saturated carbocycles. The summed E-state index contributed by atoms with van der Waals surface area (Å²) in [4.78, 5) is 27.1. The Morgan fingerprint density at radius 3 is 2.46 bits per heavy atom. The van der Waals surface area contributed by atoms with Crippen molar-refractivity contribution in [3.63, 3.8) is 0 Å². The second kappa shape index (κ2) is 6.08. The Balaban J connectivity index is 2.13. The third kappa shape index (κ3) is 2.81. The molecule has 2 aromatic carbocycles. The first-order valence-corrected chi connectivity index (χ1v) is 7.36. The number of fused-ring (bicyclic) bond motifs is 1. The largest absolute Gasteiger partial charge is 0.329 e. The van der Waals surface area contributed by atoms with Crippen molar-refractivity contribution in [3.05, 3.63) is 81.3 Å². The number of hydrogen-bond acceptors (Lipinski definition) is 3. The minimum absolute atomic E-state index is 0.0273. The third-order valence-electron chi connectivity index (χ3n) is 3.88. The van der Waals surface area contributed by atoms with Crippen LogP contribution < -0.4 is 5.49 Å². The molecule has 0 bridgehead atoms. The van der Waals surface area contributed by atoms with Crippen LogP contribution in [0.3, 0.4) is 0 Å². The van der Waals surface area contributed by atoms with E-state index in [0.717, 1.165) is 5.56 Å². The molecule has 24 heavy (non-hydrogen) atoms. The molecule has 0 aliphatic heterocycles. The number of aryl methyl sites for hydroxylation is 2. The summed E-state index contributed by atoms with van der Waals surface area (Å²) in [5.74, 6) is -0.351. The average Bonchev–Trinajstić information content (AvgIpc) is 2.57. The maximum atomic E-state index is 12.3. The van der Waals surface area contributed by atoms with E-state index in [1.807, 2.05) is 19.1 Å². The first kappa shape index (κ1) is 15.6. The highest BCUT2D eigenvalue weighted by Crippen LogP contribution is 2.23. The summed E-state index contributed by atoms with van der Waals surface area (Å²) in [6.07, 6.45) is 0. The summed E-state index contributed by atoms with van der Waals surface area (Å²) in [6, 6.07) is 15.2. The van der Waals surface area contributed by atoms with Gasteiger partial charge in [-0.05, 0) is 37.3 Å². The van der Waals surface area contributed by atoms with Crippen molar-refractivity contribution in [3.8, 4) is 0 Å². The van der Waals surface area contributed by atoms with E-state index in [9.17, 15) is 14.9 Å². The number of non-ortho nitro benzene ring substituents is 1. The van der Waals surface area contributed by atoms with Gasteiger partial charge in [-0.25, -0.2) is 0 Å². The number of benzene rings is 2. The van der Waals surface area contributed by atoms with Gasteiger partial charge in [-0.1, -0.05) is 23.8 Å². The maximum Gasteiger partial charge on any atom is 0.278 e. The van der Waals surface area contributed by atoms with E-state index in [1.165, 1.54) is 6.07 Å². The molecule has 0 unspecified atom stereocenters. The second-order valence-corrected chi connectivity index (χ2v) is 5.50. The van der Waals surface area contributed by atoms with Crippen LogP contribution in [0.1, 0.15) is 15.9 Å². The van der Waals surface area contributed by atoms with Gasteiger partial charge in [-0.2, -0.15) is 4.99 Å². The summed E-state index contributed by atoms with van der Waals surface area (Å²) < 4.78 is 1.68. The molecule has 1 aromatic heterocycles. The Morgan fingerprint density at radius 1 is 1.08 bits per heavy atom. The summed E-state index contributed by atoms with van der Waals surface area (Å²) >= 11 is 0. The van der Waals surface area contributed by atoms with Crippen LogP contribution >= 0.6 is 0 Å². The van der Waals surface area contributed by atoms with Crippen molar-refractivity contribution in [2.24, 2.45) is 12.0 Å². The number of nitro groups is 1. The van der Waals surface area contributed by atoms with Crippen LogP contribution in [0.4, 0.5) is 5.69 Å². The molecule has 0 spiro atoms. The quantitative estimate of drug-likeness (QED) is 0.537. The third-order valence-corrected chi connectivity index (χ3v) is 3.88. The molecule has 0 fully saturated rings. The zero-order chi connectivity index (χ0) is 17.3. The Hall–Kier alpha value is -3.28. The lowest BCUT2D eigenvalue weighted by molar-refractivity contribution is -0.383. The van der Waals surface area contributed by atoms with Crippen LogP contribution in [-0.2, 0) is 7.05 Å². The van der Waals surface area contributed by atoms with Gasteiger partial charge < -0.3 is 4.57 Å². The number of carbonyl (C=O) groups is 1. The predicted octanol–water partition coefficient (Wildman–Crippen LogP) is 3.14. The van der Waals surface area contributed by atoms with Crippen molar-refractivity contribution in [1.29, 1.82) is 0 Å². The average molecular weight is 321 g/mol. The van der Waals surface area contributed by atoms with E-state index in [0.29, 0.717) is 22.0 Å². The van der Waals surface area contributed by atoms with Gasteiger partial charge in [0, 0.05) is 18.7 Å². The smallest absolute Gasteiger partial charge is 0.278 e. The van der Waals surface area contributed by atoms with Crippen molar-refractivity contribution >= 4 is 22.5 Å². The normalized spacial score (nSPS) is 11.7. The molecule has 1 heterocycles. The van der Waals surface area contributed by atoms with Crippen LogP contribution in [-0.4, -0.2) is 15.4 Å². The van der Waals surface area contributed by atoms with E-state index < -0.39 is 4.92 Å². The van der Waals surface area contributed by atoms with Crippen molar-refractivity contribution in [1.82, 2.24) is 4.57 Å². The van der Waals surface area contributed by atoms with Crippen LogP contribution in [0.2, 0.25) is 0 Å². The SMILES string of the molecule is Cc1ccc(C(=O)N=c2ccc3c([N+](=O)[O-])cccc3n2C)cc1. The molecule has 0 aliphatic carbocycles. The van der Waals surface area contributed by atoms with E-state index in [1.54, 1.807) is 48.0 Å². The zero-order valence-electron chi connectivity index (χ0n) is 13.3. The van der Waals surface area contributed by atoms with E-state index in [2.05, 4.69) is 4.99 Å². The van der Waals surface area contributed by atoms with Crippen LogP contribution in [0.15, 0.2) is 59.6 Å². The summed E-state index contributed by atoms with van der Waals surface area (Å²) in [5.41, 5.74) is 2.67. The van der Waals surface area contributed by atoms with Gasteiger partial charge in [0.05, 0.1) is 15.8 Å². The molecule has 3 rings (SSSR count). The van der Waals surface area contributed by atoms with E-state index in [4.69, 9.17) is 0 Å². The molecule has 0 N–H and O–H groups in total. The standard InChI is InChI=1S/C18H15N3O3/c1-12-6-8-13(9-7-12)18(22)19-17-11-10-14-15(20(17)2)4-3-5-16(14)21(23)24/h3-11H,1-2H3. The van der Waals surface area contributed by atoms with E-state index >= 15 is 0 Å². The minimum Gasteiger partial charge on any atom is -0.329 e. The summed E-state index contributed by atoms with van der Waals surface area (Å²) in [6.45, 7) is 1.95. The molecule has 6 heteroatoms. The van der Waals surface area contributed by atoms with E-state index in [-0.39, 0.29) is 11.6 Å². The van der Waals surface area contributed by atoms with Gasteiger partial charge in [-0.15, -0.1) is 0 Å². The van der Waals surface area contributed by atoms with Gasteiger partial charge in [0.2, 0.25) is 0 Å². The van der Waals surface area contributed by atoms with Crippen LogP contribution in [0, 0.1) is 17.0 Å². The monoisotopic (exact) mass is 321 g/mol. The van der Waals surface area contributed by atoms with Crippen molar-refractivity contribution in [2.45, 2.75) is 6.92 Å². The summed E-state index contributed by atoms with van der Waals surface area (Å²) in [5, 5.41) is 11.6. The lowest BCUT2D eigenvalue weighted by Crippen LogP contribution is -2.19. The number of carbonyl (C=O) groups excluding carboxylic acids is 1. The van der Waals surface area contributed by atoms with Gasteiger partial charge in [0.15, 0.2) is 0 Å². The van der Waals surface area contributed by atoms with Crippen molar-refractivity contribution < 1.29 is 9.72 Å². The van der Waals surface area contributed by atoms with Crippen LogP contribution in [0.5, 0.6) is 0 Å². The summed E-state index contributed by atoms with van der Waals surface area (Å²) in [7, 11) is 1.73. The Kier molecular flexibility index (Phi) is 3.95. The number of pyridine rings is 1. The molecule has 120 valence electrons. The molecule has 0 saturated heterocycles. The number of hydrogen-bond donors (Lipinski definition) is 0. The molecule has 0 radical (unpaired) electrons. The highest BCUT2D eigenvalue weighted by atomic mass is 16.6. The molecule has 0 aliphatic rings. The molecular weight excluding hydrogens is 306 g/mol. The van der Waals surface area contributed by atoms with Gasteiger partial charge in [0.25, 0.3) is 11.6 Å². The lowest BCUT2D eigenvalue weighted by Gasteiger charge is -2.06. The number of amides is 1. The molecule has 6 nitrogen and oxygen atoms in total. The highest BCUT2D eigenvalue weighted by molar-refractivity contribution is 5.95. The minimum atomic E-state index is -0.420. The molecular formula is C18H15N3O3. The number of nitro benzene ring substituents is 1. The Labute approximate surface area is 137 Å². The van der Waals surface area contributed by atoms with Crippen LogP contribution in [0.25, 0.3) is 10.9 Å². The van der Waals surface area contributed by atoms with Gasteiger partial charge >= 0.3 is 0 Å². The fraction of sp³-hybridized carbons (Fsp3) is 0.111. The van der Waals surface area contributed by atoms with Crippen molar-refractivity contribution in [2.75, 3.05) is 0 Å². The number of nitrogens with zero attached hydrogens (tertiary/aromatic N) is 3. The lowest BCUT2D eigenvalue weighted by atomic mass is 10.1. The number of rotatable bonds is 2. The van der Waals surface area contributed by atoms with Gasteiger partial charge in [0.1, 0.15) is 5.49 Å². The first-order chi connectivity index (χ1) is 11.5. The maximum absolute atomic E-state index is 12.3. The predicted molar refractivity (Wildman–Crippen MR) is 90.6 cm³/mol. The second-order valence-electron chi connectivity index (χ2n) is 5.50. The number of aromatic nitrogens is 1. The first-order valence-electron chi connectivity index (χ1n) is 7.36. The zero-order valence-corrected chi connectivity index (χ0v) is 13.3. The van der Waals surface area contributed by atoms with Gasteiger partial charge in [-0.3, -0.25) is 14.9 Å². The fourth-order valence-electron chi connectivity index (χ4n) is 2.53. The Bertz CT molecular complexity index is 1020. The molecule has 1 amide bonds. The Morgan fingerprint density at radius 2 is 1.79 bits per heavy atom. The molecule has 0 atom stereocenters. The highest BCUT2D eigenvalue weighted by Gasteiger charge is 2.12.